The second-order valence-electron chi connectivity index (χ2n) is 4.94. The van der Waals surface area contributed by atoms with E-state index in [1.54, 1.807) is 19.1 Å². The summed E-state index contributed by atoms with van der Waals surface area (Å²) in [5.41, 5.74) is 7.13. The van der Waals surface area contributed by atoms with Gasteiger partial charge in [0.25, 0.3) is 0 Å². The van der Waals surface area contributed by atoms with Crippen LogP contribution < -0.4 is 16.4 Å². The largest absolute Gasteiger partial charge is 0.466 e. The topological polar surface area (TPSA) is 117 Å². The van der Waals surface area contributed by atoms with Gasteiger partial charge in [-0.05, 0) is 12.5 Å². The number of carbonyl (C=O) groups excluding carboxylic acids is 2. The summed E-state index contributed by atoms with van der Waals surface area (Å²) in [4.78, 5) is 22.7. The summed E-state index contributed by atoms with van der Waals surface area (Å²) in [5, 5.41) is 13.2. The van der Waals surface area contributed by atoms with Crippen molar-refractivity contribution in [1.29, 1.82) is 5.41 Å². The SMILES string of the molecule is CCOC(=O)CCNC(=O)CCNCc1ccc(C(=N)N)cc1. The highest BCUT2D eigenvalue weighted by Crippen LogP contribution is 2.03. The molecule has 0 saturated heterocycles. The minimum absolute atomic E-state index is 0.0454. The summed E-state index contributed by atoms with van der Waals surface area (Å²) in [7, 11) is 0. The third-order valence-electron chi connectivity index (χ3n) is 3.08. The molecule has 0 bridgehead atoms. The lowest BCUT2D eigenvalue weighted by atomic mass is 10.1. The fraction of sp³-hybridized carbons (Fsp3) is 0.438. The van der Waals surface area contributed by atoms with Crippen molar-refractivity contribution in [1.82, 2.24) is 10.6 Å². The van der Waals surface area contributed by atoms with Gasteiger partial charge in [-0.3, -0.25) is 15.0 Å². The van der Waals surface area contributed by atoms with Gasteiger partial charge in [-0.1, -0.05) is 24.3 Å². The second kappa shape index (κ2) is 10.3. The molecule has 126 valence electrons. The number of benzene rings is 1. The molecule has 0 aliphatic rings. The smallest absolute Gasteiger partial charge is 0.307 e. The van der Waals surface area contributed by atoms with Gasteiger partial charge >= 0.3 is 5.97 Å². The molecule has 0 aliphatic carbocycles. The van der Waals surface area contributed by atoms with Gasteiger partial charge in [-0.25, -0.2) is 0 Å². The van der Waals surface area contributed by atoms with Crippen molar-refractivity contribution in [2.24, 2.45) is 5.73 Å². The molecule has 0 radical (unpaired) electrons. The molecule has 5 N–H and O–H groups in total. The molecule has 0 spiro atoms. The van der Waals surface area contributed by atoms with Crippen molar-refractivity contribution in [2.75, 3.05) is 19.7 Å². The molecule has 0 fully saturated rings. The summed E-state index contributed by atoms with van der Waals surface area (Å²) in [5.74, 6) is -0.363. The van der Waals surface area contributed by atoms with E-state index in [2.05, 4.69) is 10.6 Å². The molecule has 7 heteroatoms. The first-order chi connectivity index (χ1) is 11.0. The first-order valence-electron chi connectivity index (χ1n) is 7.59. The Morgan fingerprint density at radius 1 is 1.17 bits per heavy atom. The molecule has 0 heterocycles. The Morgan fingerprint density at radius 3 is 2.48 bits per heavy atom. The van der Waals surface area contributed by atoms with Crippen molar-refractivity contribution < 1.29 is 14.3 Å². The molecule has 1 amide bonds. The number of rotatable bonds is 10. The summed E-state index contributed by atoms with van der Waals surface area (Å²) in [6.07, 6.45) is 0.532. The number of amides is 1. The maximum atomic E-state index is 11.6. The van der Waals surface area contributed by atoms with E-state index < -0.39 is 0 Å². The van der Waals surface area contributed by atoms with E-state index in [9.17, 15) is 9.59 Å². The molecule has 1 aromatic carbocycles. The van der Waals surface area contributed by atoms with Crippen molar-refractivity contribution in [3.05, 3.63) is 35.4 Å². The van der Waals surface area contributed by atoms with Crippen LogP contribution in [-0.2, 0) is 20.9 Å². The predicted molar refractivity (Wildman–Crippen MR) is 88.0 cm³/mol. The Morgan fingerprint density at radius 2 is 1.87 bits per heavy atom. The molecule has 0 aromatic heterocycles. The fourth-order valence-corrected chi connectivity index (χ4v) is 1.86. The van der Waals surface area contributed by atoms with E-state index in [0.29, 0.717) is 38.2 Å². The van der Waals surface area contributed by atoms with E-state index in [4.69, 9.17) is 15.9 Å². The molecule has 23 heavy (non-hydrogen) atoms. The number of nitrogen functional groups attached to an aromatic ring is 1. The molecule has 0 atom stereocenters. The average Bonchev–Trinajstić information content (AvgIpc) is 2.52. The minimum atomic E-state index is -0.306. The van der Waals surface area contributed by atoms with Crippen LogP contribution in [0.1, 0.15) is 30.9 Å². The van der Waals surface area contributed by atoms with Gasteiger partial charge in [-0.15, -0.1) is 0 Å². The maximum Gasteiger partial charge on any atom is 0.307 e. The zero-order valence-electron chi connectivity index (χ0n) is 13.4. The quantitative estimate of drug-likeness (QED) is 0.217. The third-order valence-corrected chi connectivity index (χ3v) is 3.08. The predicted octanol–water partition coefficient (Wildman–Crippen LogP) is 0.520. The minimum Gasteiger partial charge on any atom is -0.466 e. The number of esters is 1. The van der Waals surface area contributed by atoms with Crippen molar-refractivity contribution in [2.45, 2.75) is 26.3 Å². The Hall–Kier alpha value is -2.41. The molecule has 0 unspecified atom stereocenters. The number of hydrogen-bond acceptors (Lipinski definition) is 5. The van der Waals surface area contributed by atoms with Gasteiger partial charge < -0.3 is 21.1 Å². The number of nitrogens with two attached hydrogens (primary N) is 1. The van der Waals surface area contributed by atoms with Crippen LogP contribution in [-0.4, -0.2) is 37.4 Å². The second-order valence-corrected chi connectivity index (χ2v) is 4.94. The molecular formula is C16H24N4O3. The van der Waals surface area contributed by atoms with E-state index in [0.717, 1.165) is 5.56 Å². The third kappa shape index (κ3) is 7.96. The van der Waals surface area contributed by atoms with Crippen LogP contribution >= 0.6 is 0 Å². The van der Waals surface area contributed by atoms with Gasteiger partial charge in [0.1, 0.15) is 5.84 Å². The number of ether oxygens (including phenoxy) is 1. The van der Waals surface area contributed by atoms with Crippen LogP contribution in [0.2, 0.25) is 0 Å². The van der Waals surface area contributed by atoms with Crippen LogP contribution in [0.5, 0.6) is 0 Å². The van der Waals surface area contributed by atoms with Crippen molar-refractivity contribution >= 4 is 17.7 Å². The molecular weight excluding hydrogens is 296 g/mol. The molecule has 1 rings (SSSR count). The molecule has 0 saturated carbocycles. The lowest BCUT2D eigenvalue weighted by Gasteiger charge is -2.07. The van der Waals surface area contributed by atoms with Gasteiger partial charge in [-0.2, -0.15) is 0 Å². The zero-order chi connectivity index (χ0) is 17.1. The molecule has 0 aliphatic heterocycles. The molecule has 7 nitrogen and oxygen atoms in total. The summed E-state index contributed by atoms with van der Waals surface area (Å²) < 4.78 is 4.77. The van der Waals surface area contributed by atoms with E-state index in [1.807, 2.05) is 12.1 Å². The highest BCUT2D eigenvalue weighted by molar-refractivity contribution is 5.94. The van der Waals surface area contributed by atoms with E-state index in [1.165, 1.54) is 0 Å². The lowest BCUT2D eigenvalue weighted by Crippen LogP contribution is -2.29. The standard InChI is InChI=1S/C16H24N4O3/c1-2-23-15(22)8-10-20-14(21)7-9-19-11-12-3-5-13(6-4-12)16(17)18/h3-6,19H,2,7-11H2,1H3,(H3,17,18)(H,20,21). The Balaban J connectivity index is 2.13. The van der Waals surface area contributed by atoms with Crippen LogP contribution in [0.3, 0.4) is 0 Å². The van der Waals surface area contributed by atoms with Crippen LogP contribution in [0.25, 0.3) is 0 Å². The van der Waals surface area contributed by atoms with E-state index >= 15 is 0 Å². The summed E-state index contributed by atoms with van der Waals surface area (Å²) in [6.45, 7) is 3.57. The van der Waals surface area contributed by atoms with Gasteiger partial charge in [0.05, 0.1) is 13.0 Å². The number of amidine groups is 1. The fourth-order valence-electron chi connectivity index (χ4n) is 1.86. The van der Waals surface area contributed by atoms with Gasteiger partial charge in [0, 0.05) is 31.6 Å². The Kier molecular flexibility index (Phi) is 8.38. The lowest BCUT2D eigenvalue weighted by molar-refractivity contribution is -0.143. The van der Waals surface area contributed by atoms with Crippen LogP contribution in [0.4, 0.5) is 0 Å². The Labute approximate surface area is 136 Å². The van der Waals surface area contributed by atoms with Gasteiger partial charge in [0.2, 0.25) is 5.91 Å². The van der Waals surface area contributed by atoms with Crippen LogP contribution in [0.15, 0.2) is 24.3 Å². The number of nitrogens with one attached hydrogen (secondary N) is 3. The first-order valence-corrected chi connectivity index (χ1v) is 7.59. The van der Waals surface area contributed by atoms with E-state index in [-0.39, 0.29) is 24.1 Å². The normalized spacial score (nSPS) is 10.1. The van der Waals surface area contributed by atoms with Crippen molar-refractivity contribution in [3.8, 4) is 0 Å². The first kappa shape index (κ1) is 18.6. The zero-order valence-corrected chi connectivity index (χ0v) is 13.4. The maximum absolute atomic E-state index is 11.6. The highest BCUT2D eigenvalue weighted by atomic mass is 16.5. The average molecular weight is 320 g/mol. The number of carbonyl (C=O) groups is 2. The summed E-state index contributed by atoms with van der Waals surface area (Å²) in [6, 6.07) is 7.37. The number of hydrogen-bond donors (Lipinski definition) is 4. The highest BCUT2D eigenvalue weighted by Gasteiger charge is 2.04. The Bertz CT molecular complexity index is 529. The monoisotopic (exact) mass is 320 g/mol. The van der Waals surface area contributed by atoms with Gasteiger partial charge in [0.15, 0.2) is 0 Å². The van der Waals surface area contributed by atoms with Crippen LogP contribution in [0, 0.1) is 5.41 Å². The molecule has 1 aromatic rings. The summed E-state index contributed by atoms with van der Waals surface area (Å²) >= 11 is 0. The van der Waals surface area contributed by atoms with Crippen molar-refractivity contribution in [3.63, 3.8) is 0 Å².